The van der Waals surface area contributed by atoms with Crippen LogP contribution in [0.15, 0.2) is 168 Å². The van der Waals surface area contributed by atoms with Crippen LogP contribution in [-0.4, -0.2) is 15.0 Å². The zero-order chi connectivity index (χ0) is 32.3. The van der Waals surface area contributed by atoms with E-state index >= 15 is 0 Å². The smallest absolute Gasteiger partial charge is 0.164 e. The molecule has 0 spiro atoms. The number of benzene rings is 8. The fourth-order valence-electron chi connectivity index (χ4n) is 7.16. The van der Waals surface area contributed by atoms with Gasteiger partial charge in [-0.25, -0.2) is 15.0 Å². The van der Waals surface area contributed by atoms with Crippen LogP contribution >= 0.6 is 0 Å². The number of hydrogen-bond donors (Lipinski definition) is 0. The number of hydrogen-bond acceptors (Lipinski definition) is 4. The number of rotatable bonds is 4. The number of furan rings is 1. The molecule has 4 heteroatoms. The molecular formula is C45H27N3O. The topological polar surface area (TPSA) is 51.8 Å². The molecule has 2 aromatic heterocycles. The van der Waals surface area contributed by atoms with Crippen LogP contribution < -0.4 is 0 Å². The van der Waals surface area contributed by atoms with Crippen LogP contribution in [-0.2, 0) is 0 Å². The predicted octanol–water partition coefficient (Wildman–Crippen LogP) is 11.9. The van der Waals surface area contributed by atoms with Crippen molar-refractivity contribution in [2.24, 2.45) is 0 Å². The molecule has 0 atom stereocenters. The van der Waals surface area contributed by atoms with Crippen molar-refractivity contribution in [1.82, 2.24) is 15.0 Å². The Hall–Kier alpha value is -6.65. The fraction of sp³-hybridized carbons (Fsp3) is 0. The van der Waals surface area contributed by atoms with Crippen LogP contribution in [0.4, 0.5) is 0 Å². The van der Waals surface area contributed by atoms with Crippen LogP contribution in [0.1, 0.15) is 0 Å². The van der Waals surface area contributed by atoms with Crippen molar-refractivity contribution in [3.63, 3.8) is 0 Å². The molecule has 228 valence electrons. The van der Waals surface area contributed by atoms with Crippen molar-refractivity contribution < 1.29 is 4.42 Å². The summed E-state index contributed by atoms with van der Waals surface area (Å²) < 4.78 is 6.46. The molecule has 0 bridgehead atoms. The van der Waals surface area contributed by atoms with E-state index in [9.17, 15) is 0 Å². The van der Waals surface area contributed by atoms with E-state index in [-0.39, 0.29) is 0 Å². The number of fused-ring (bicyclic) bond motifs is 10. The van der Waals surface area contributed by atoms with Crippen molar-refractivity contribution >= 4 is 54.3 Å². The molecule has 0 N–H and O–H groups in total. The lowest BCUT2D eigenvalue weighted by molar-refractivity contribution is 0.673. The van der Waals surface area contributed by atoms with Gasteiger partial charge in [0.05, 0.1) is 0 Å². The van der Waals surface area contributed by atoms with E-state index in [1.807, 2.05) is 48.5 Å². The second kappa shape index (κ2) is 11.0. The Morgan fingerprint density at radius 3 is 1.57 bits per heavy atom. The zero-order valence-corrected chi connectivity index (χ0v) is 26.3. The molecule has 0 saturated heterocycles. The zero-order valence-electron chi connectivity index (χ0n) is 26.3. The monoisotopic (exact) mass is 625 g/mol. The van der Waals surface area contributed by atoms with E-state index in [0.717, 1.165) is 55.0 Å². The van der Waals surface area contributed by atoms with Gasteiger partial charge in [-0.15, -0.1) is 0 Å². The molecule has 10 aromatic rings. The standard InChI is InChI=1S/C45H27N3O/c1-3-11-28(12-4-1)29-19-21-31(22-20-29)44-46-43(30-13-5-2-6-14-30)47-45(48-44)33-24-25-34-32(27-33)23-26-38-40(34)35-15-7-8-16-36(35)42-41(38)37-17-9-10-18-39(37)49-42/h1-27H. The van der Waals surface area contributed by atoms with Crippen molar-refractivity contribution in [2.75, 3.05) is 0 Å². The molecule has 4 nitrogen and oxygen atoms in total. The highest BCUT2D eigenvalue weighted by Crippen LogP contribution is 2.43. The molecule has 0 aliphatic carbocycles. The second-order valence-corrected chi connectivity index (χ2v) is 12.4. The third-order valence-electron chi connectivity index (χ3n) is 9.50. The van der Waals surface area contributed by atoms with E-state index < -0.39 is 0 Å². The third-order valence-corrected chi connectivity index (χ3v) is 9.50. The quantitative estimate of drug-likeness (QED) is 0.183. The summed E-state index contributed by atoms with van der Waals surface area (Å²) in [5.74, 6) is 1.92. The minimum atomic E-state index is 0.638. The van der Waals surface area contributed by atoms with Gasteiger partial charge in [0.15, 0.2) is 17.5 Å². The Bertz CT molecular complexity index is 2860. The summed E-state index contributed by atoms with van der Waals surface area (Å²) in [4.78, 5) is 15.0. The van der Waals surface area contributed by atoms with Gasteiger partial charge in [0, 0.05) is 32.8 Å². The molecule has 10 rings (SSSR count). The number of para-hydroxylation sites is 1. The molecular weight excluding hydrogens is 599 g/mol. The van der Waals surface area contributed by atoms with Gasteiger partial charge < -0.3 is 4.42 Å². The molecule has 0 saturated carbocycles. The lowest BCUT2D eigenvalue weighted by Gasteiger charge is -2.12. The molecule has 2 heterocycles. The lowest BCUT2D eigenvalue weighted by Crippen LogP contribution is -2.00. The van der Waals surface area contributed by atoms with Crippen molar-refractivity contribution in [3.8, 4) is 45.3 Å². The van der Waals surface area contributed by atoms with Gasteiger partial charge >= 0.3 is 0 Å². The van der Waals surface area contributed by atoms with Crippen molar-refractivity contribution in [1.29, 1.82) is 0 Å². The van der Waals surface area contributed by atoms with Crippen LogP contribution in [0.25, 0.3) is 99.5 Å². The van der Waals surface area contributed by atoms with Crippen LogP contribution in [0.5, 0.6) is 0 Å². The van der Waals surface area contributed by atoms with Gasteiger partial charge in [-0.05, 0) is 50.2 Å². The van der Waals surface area contributed by atoms with Gasteiger partial charge in [-0.2, -0.15) is 0 Å². The van der Waals surface area contributed by atoms with Gasteiger partial charge in [0.2, 0.25) is 0 Å². The normalized spacial score (nSPS) is 11.7. The Balaban J connectivity index is 1.16. The van der Waals surface area contributed by atoms with Gasteiger partial charge in [0.25, 0.3) is 0 Å². The van der Waals surface area contributed by atoms with Gasteiger partial charge in [-0.3, -0.25) is 0 Å². The van der Waals surface area contributed by atoms with E-state index in [1.54, 1.807) is 0 Å². The first-order valence-corrected chi connectivity index (χ1v) is 16.4. The van der Waals surface area contributed by atoms with Crippen LogP contribution in [0.2, 0.25) is 0 Å². The number of aromatic nitrogens is 3. The summed E-state index contributed by atoms with van der Waals surface area (Å²) in [6.45, 7) is 0. The van der Waals surface area contributed by atoms with E-state index in [0.29, 0.717) is 17.5 Å². The minimum absolute atomic E-state index is 0.638. The molecule has 0 radical (unpaired) electrons. The summed E-state index contributed by atoms with van der Waals surface area (Å²) in [5, 5.41) is 9.29. The minimum Gasteiger partial charge on any atom is -0.455 e. The maximum Gasteiger partial charge on any atom is 0.164 e. The maximum absolute atomic E-state index is 6.46. The average Bonchev–Trinajstić information content (AvgIpc) is 3.58. The van der Waals surface area contributed by atoms with Crippen molar-refractivity contribution in [3.05, 3.63) is 164 Å². The molecule has 8 aromatic carbocycles. The van der Waals surface area contributed by atoms with Gasteiger partial charge in [-0.1, -0.05) is 152 Å². The highest BCUT2D eigenvalue weighted by Gasteiger charge is 2.18. The Labute approximate surface area is 282 Å². The predicted molar refractivity (Wildman–Crippen MR) is 201 cm³/mol. The van der Waals surface area contributed by atoms with E-state index in [4.69, 9.17) is 19.4 Å². The average molecular weight is 626 g/mol. The maximum atomic E-state index is 6.46. The highest BCUT2D eigenvalue weighted by molar-refractivity contribution is 6.34. The first-order valence-electron chi connectivity index (χ1n) is 16.4. The van der Waals surface area contributed by atoms with Crippen molar-refractivity contribution in [2.45, 2.75) is 0 Å². The van der Waals surface area contributed by atoms with Crippen LogP contribution in [0, 0.1) is 0 Å². The summed E-state index contributed by atoms with van der Waals surface area (Å²) in [5.41, 5.74) is 6.99. The van der Waals surface area contributed by atoms with Gasteiger partial charge in [0.1, 0.15) is 11.2 Å². The summed E-state index contributed by atoms with van der Waals surface area (Å²) in [7, 11) is 0. The Morgan fingerprint density at radius 2 is 0.837 bits per heavy atom. The number of nitrogens with zero attached hydrogens (tertiary/aromatic N) is 3. The Kier molecular flexibility index (Phi) is 6.15. The summed E-state index contributed by atoms with van der Waals surface area (Å²) in [6.07, 6.45) is 0. The molecule has 0 amide bonds. The molecule has 0 aliphatic rings. The first-order chi connectivity index (χ1) is 24.3. The molecule has 0 aliphatic heterocycles. The Morgan fingerprint density at radius 1 is 0.327 bits per heavy atom. The third kappa shape index (κ3) is 4.49. The van der Waals surface area contributed by atoms with Crippen LogP contribution in [0.3, 0.4) is 0 Å². The summed E-state index contributed by atoms with van der Waals surface area (Å²) >= 11 is 0. The molecule has 0 fully saturated rings. The van der Waals surface area contributed by atoms with E-state index in [2.05, 4.69) is 115 Å². The molecule has 0 unspecified atom stereocenters. The lowest BCUT2D eigenvalue weighted by atomic mass is 9.92. The van der Waals surface area contributed by atoms with E-state index in [1.165, 1.54) is 27.1 Å². The highest BCUT2D eigenvalue weighted by atomic mass is 16.3. The first kappa shape index (κ1) is 27.5. The summed E-state index contributed by atoms with van der Waals surface area (Å²) in [6, 6.07) is 56.8. The molecule has 49 heavy (non-hydrogen) atoms. The SMILES string of the molecule is c1ccc(-c2ccc(-c3nc(-c4ccccc4)nc(-c4ccc5c(ccc6c5c5ccccc5c5oc7ccccc7c65)c4)n3)cc2)cc1. The largest absolute Gasteiger partial charge is 0.455 e. The fourth-order valence-corrected chi connectivity index (χ4v) is 7.16. The second-order valence-electron chi connectivity index (χ2n) is 12.4.